The summed E-state index contributed by atoms with van der Waals surface area (Å²) in [5, 5.41) is 6.56. The molecule has 0 aliphatic heterocycles. The predicted octanol–water partition coefficient (Wildman–Crippen LogP) is 4.07. The van der Waals surface area contributed by atoms with Crippen LogP contribution >= 0.6 is 0 Å². The molecule has 0 aliphatic rings. The van der Waals surface area contributed by atoms with Gasteiger partial charge in [0.1, 0.15) is 5.82 Å². The molecule has 0 atom stereocenters. The Morgan fingerprint density at radius 3 is 2.47 bits per heavy atom. The number of anilines is 2. The molecule has 0 radical (unpaired) electrons. The van der Waals surface area contributed by atoms with Crippen LogP contribution in [0.2, 0.25) is 0 Å². The number of unbranched alkanes of at least 4 members (excludes halogenated alkanes) is 5. The summed E-state index contributed by atoms with van der Waals surface area (Å²) in [6.07, 6.45) is 10.8. The summed E-state index contributed by atoms with van der Waals surface area (Å²) in [6, 6.07) is 1.92. The highest BCUT2D eigenvalue weighted by atomic mass is 15.1. The summed E-state index contributed by atoms with van der Waals surface area (Å²) < 4.78 is 0. The first-order valence-corrected chi connectivity index (χ1v) is 7.67. The van der Waals surface area contributed by atoms with Crippen LogP contribution in [-0.4, -0.2) is 23.1 Å². The second-order valence-corrected chi connectivity index (χ2v) is 4.89. The third-order valence-corrected chi connectivity index (χ3v) is 3.03. The Morgan fingerprint density at radius 1 is 0.895 bits per heavy atom. The van der Waals surface area contributed by atoms with Gasteiger partial charge in [0.25, 0.3) is 0 Å². The van der Waals surface area contributed by atoms with Crippen LogP contribution in [-0.2, 0) is 0 Å². The highest BCUT2D eigenvalue weighted by molar-refractivity contribution is 5.39. The lowest BCUT2D eigenvalue weighted by Crippen LogP contribution is -2.08. The van der Waals surface area contributed by atoms with Crippen molar-refractivity contribution in [2.45, 2.75) is 58.8 Å². The molecule has 1 aromatic heterocycles. The Morgan fingerprint density at radius 2 is 1.68 bits per heavy atom. The maximum atomic E-state index is 4.42. The first-order chi connectivity index (χ1) is 9.36. The molecule has 0 aromatic carbocycles. The Balaban J connectivity index is 2.14. The van der Waals surface area contributed by atoms with Gasteiger partial charge in [0.2, 0.25) is 5.95 Å². The van der Waals surface area contributed by atoms with E-state index >= 15 is 0 Å². The zero-order valence-electron chi connectivity index (χ0n) is 12.4. The molecule has 0 bridgehead atoms. The van der Waals surface area contributed by atoms with Crippen molar-refractivity contribution in [3.05, 3.63) is 12.3 Å². The van der Waals surface area contributed by atoms with Gasteiger partial charge in [-0.3, -0.25) is 0 Å². The number of hydrogen-bond donors (Lipinski definition) is 2. The van der Waals surface area contributed by atoms with Crippen molar-refractivity contribution in [1.82, 2.24) is 9.97 Å². The molecule has 0 aliphatic carbocycles. The Hall–Kier alpha value is -1.32. The van der Waals surface area contributed by atoms with E-state index in [0.717, 1.165) is 31.3 Å². The summed E-state index contributed by atoms with van der Waals surface area (Å²) in [6.45, 7) is 6.30. The highest BCUT2D eigenvalue weighted by Gasteiger charge is 1.97. The molecule has 1 aromatic rings. The summed E-state index contributed by atoms with van der Waals surface area (Å²) in [4.78, 5) is 8.62. The third-order valence-electron chi connectivity index (χ3n) is 3.03. The first kappa shape index (κ1) is 15.7. The SMILES string of the molecule is CCCCCCCCNc1ccnc(NCCC)n1. The van der Waals surface area contributed by atoms with E-state index in [1.165, 1.54) is 38.5 Å². The average Bonchev–Trinajstić information content (AvgIpc) is 2.44. The quantitative estimate of drug-likeness (QED) is 0.591. The van der Waals surface area contributed by atoms with Crippen LogP contribution in [0.3, 0.4) is 0 Å². The molecule has 19 heavy (non-hydrogen) atoms. The van der Waals surface area contributed by atoms with Crippen molar-refractivity contribution in [2.75, 3.05) is 23.7 Å². The van der Waals surface area contributed by atoms with Crippen LogP contribution in [0.5, 0.6) is 0 Å². The summed E-state index contributed by atoms with van der Waals surface area (Å²) in [7, 11) is 0. The van der Waals surface area contributed by atoms with Crippen molar-refractivity contribution in [3.8, 4) is 0 Å². The van der Waals surface area contributed by atoms with Gasteiger partial charge < -0.3 is 10.6 Å². The number of nitrogens with one attached hydrogen (secondary N) is 2. The van der Waals surface area contributed by atoms with E-state index in [0.29, 0.717) is 0 Å². The smallest absolute Gasteiger partial charge is 0.224 e. The van der Waals surface area contributed by atoms with Crippen molar-refractivity contribution in [3.63, 3.8) is 0 Å². The van der Waals surface area contributed by atoms with E-state index in [4.69, 9.17) is 0 Å². The van der Waals surface area contributed by atoms with Gasteiger partial charge in [-0.15, -0.1) is 0 Å². The molecule has 108 valence electrons. The molecule has 0 amide bonds. The molecule has 4 heteroatoms. The highest BCUT2D eigenvalue weighted by Crippen LogP contribution is 2.08. The summed E-state index contributed by atoms with van der Waals surface area (Å²) in [5.41, 5.74) is 0. The van der Waals surface area contributed by atoms with Gasteiger partial charge in [-0.25, -0.2) is 4.98 Å². The largest absolute Gasteiger partial charge is 0.370 e. The normalized spacial score (nSPS) is 10.4. The molecule has 0 fully saturated rings. The summed E-state index contributed by atoms with van der Waals surface area (Å²) in [5.74, 6) is 1.64. The van der Waals surface area contributed by atoms with Gasteiger partial charge in [0.05, 0.1) is 0 Å². The van der Waals surface area contributed by atoms with Gasteiger partial charge in [-0.2, -0.15) is 4.98 Å². The molecule has 1 rings (SSSR count). The minimum absolute atomic E-state index is 0.717. The van der Waals surface area contributed by atoms with Gasteiger partial charge in [-0.1, -0.05) is 46.0 Å². The van der Waals surface area contributed by atoms with Crippen LogP contribution in [0.1, 0.15) is 58.8 Å². The molecule has 0 saturated carbocycles. The fraction of sp³-hybridized carbons (Fsp3) is 0.733. The number of rotatable bonds is 11. The zero-order valence-corrected chi connectivity index (χ0v) is 12.4. The monoisotopic (exact) mass is 264 g/mol. The van der Waals surface area contributed by atoms with E-state index in [1.807, 2.05) is 6.07 Å². The van der Waals surface area contributed by atoms with Gasteiger partial charge in [0.15, 0.2) is 0 Å². The lowest BCUT2D eigenvalue weighted by molar-refractivity contribution is 0.617. The van der Waals surface area contributed by atoms with E-state index in [-0.39, 0.29) is 0 Å². The lowest BCUT2D eigenvalue weighted by Gasteiger charge is -2.07. The van der Waals surface area contributed by atoms with Crippen molar-refractivity contribution < 1.29 is 0 Å². The summed E-state index contributed by atoms with van der Waals surface area (Å²) >= 11 is 0. The van der Waals surface area contributed by atoms with Gasteiger partial charge in [-0.05, 0) is 18.9 Å². The predicted molar refractivity (Wildman–Crippen MR) is 82.7 cm³/mol. The van der Waals surface area contributed by atoms with Crippen molar-refractivity contribution in [2.24, 2.45) is 0 Å². The van der Waals surface area contributed by atoms with Gasteiger partial charge in [0, 0.05) is 19.3 Å². The van der Waals surface area contributed by atoms with E-state index in [1.54, 1.807) is 6.20 Å². The van der Waals surface area contributed by atoms with Crippen LogP contribution in [0.25, 0.3) is 0 Å². The number of hydrogen-bond acceptors (Lipinski definition) is 4. The van der Waals surface area contributed by atoms with E-state index in [9.17, 15) is 0 Å². The fourth-order valence-corrected chi connectivity index (χ4v) is 1.90. The average molecular weight is 264 g/mol. The van der Waals surface area contributed by atoms with Crippen LogP contribution in [0, 0.1) is 0 Å². The third kappa shape index (κ3) is 7.65. The van der Waals surface area contributed by atoms with Gasteiger partial charge >= 0.3 is 0 Å². The molecule has 1 heterocycles. The van der Waals surface area contributed by atoms with E-state index in [2.05, 4.69) is 34.4 Å². The molecule has 0 saturated heterocycles. The molecule has 4 nitrogen and oxygen atoms in total. The minimum atomic E-state index is 0.717. The minimum Gasteiger partial charge on any atom is -0.370 e. The second-order valence-electron chi connectivity index (χ2n) is 4.89. The molecular formula is C15H28N4. The maximum Gasteiger partial charge on any atom is 0.224 e. The topological polar surface area (TPSA) is 49.8 Å². The molecule has 2 N–H and O–H groups in total. The fourth-order valence-electron chi connectivity index (χ4n) is 1.90. The zero-order chi connectivity index (χ0) is 13.8. The Kier molecular flexibility index (Phi) is 8.77. The first-order valence-electron chi connectivity index (χ1n) is 7.67. The maximum absolute atomic E-state index is 4.42. The van der Waals surface area contributed by atoms with Crippen LogP contribution in [0.4, 0.5) is 11.8 Å². The Labute approximate surface area is 117 Å². The number of aromatic nitrogens is 2. The molecular weight excluding hydrogens is 236 g/mol. The van der Waals surface area contributed by atoms with Crippen LogP contribution < -0.4 is 10.6 Å². The Bertz CT molecular complexity index is 328. The lowest BCUT2D eigenvalue weighted by atomic mass is 10.1. The van der Waals surface area contributed by atoms with Crippen molar-refractivity contribution >= 4 is 11.8 Å². The standard InChI is InChI=1S/C15H28N4/c1-3-5-6-7-8-9-12-16-14-10-13-18-15(19-14)17-11-4-2/h10,13H,3-9,11-12H2,1-2H3,(H2,16,17,18,19). The van der Waals surface area contributed by atoms with Crippen molar-refractivity contribution in [1.29, 1.82) is 0 Å². The van der Waals surface area contributed by atoms with Crippen LogP contribution in [0.15, 0.2) is 12.3 Å². The molecule has 0 unspecified atom stereocenters. The van der Waals surface area contributed by atoms with E-state index < -0.39 is 0 Å². The number of nitrogens with zero attached hydrogens (tertiary/aromatic N) is 2. The second kappa shape index (κ2) is 10.6. The molecule has 0 spiro atoms.